The molecule has 3 aromatic rings. The van der Waals surface area contributed by atoms with Gasteiger partial charge in [0.25, 0.3) is 0 Å². The van der Waals surface area contributed by atoms with Crippen LogP contribution in [0.5, 0.6) is 0 Å². The maximum Gasteiger partial charge on any atom is 0.0844 e. The maximum atomic E-state index is 3.61. The summed E-state index contributed by atoms with van der Waals surface area (Å²) in [7, 11) is 0. The Morgan fingerprint density at radius 1 is 0.812 bits per heavy atom. The molecule has 0 bridgehead atoms. The van der Waals surface area contributed by atoms with Gasteiger partial charge in [0, 0.05) is 27.3 Å². The Bertz CT molecular complexity index is 652. The van der Waals surface area contributed by atoms with E-state index >= 15 is 0 Å². The van der Waals surface area contributed by atoms with Crippen LogP contribution in [0.1, 0.15) is 0 Å². The number of hydrogen-bond acceptors (Lipinski definition) is 2. The van der Waals surface area contributed by atoms with Gasteiger partial charge in [-0.15, -0.1) is 22.7 Å². The van der Waals surface area contributed by atoms with Gasteiger partial charge in [-0.25, -0.2) is 0 Å². The van der Waals surface area contributed by atoms with Crippen molar-refractivity contribution in [3.63, 3.8) is 0 Å². The molecular weight excluding hydrogens is 598 g/mol. The summed E-state index contributed by atoms with van der Waals surface area (Å²) < 4.78 is 7.81. The SMILES string of the molecule is Brc1sc2cc3c(I)c(Br)sc3cc2c1I. The molecule has 0 radical (unpaired) electrons. The number of thiophene rings is 2. The van der Waals surface area contributed by atoms with Gasteiger partial charge in [0.2, 0.25) is 0 Å². The first-order valence-electron chi connectivity index (χ1n) is 4.23. The van der Waals surface area contributed by atoms with Gasteiger partial charge in [0.05, 0.1) is 7.57 Å². The molecule has 6 heteroatoms. The molecule has 1 aromatic carbocycles. The molecule has 0 amide bonds. The van der Waals surface area contributed by atoms with Crippen molar-refractivity contribution in [1.29, 1.82) is 0 Å². The summed E-state index contributed by atoms with van der Waals surface area (Å²) in [6.07, 6.45) is 0. The summed E-state index contributed by atoms with van der Waals surface area (Å²) in [6.45, 7) is 0. The summed E-state index contributed by atoms with van der Waals surface area (Å²) in [5.74, 6) is 0. The van der Waals surface area contributed by atoms with Gasteiger partial charge >= 0.3 is 0 Å². The van der Waals surface area contributed by atoms with E-state index in [0.29, 0.717) is 0 Å². The van der Waals surface area contributed by atoms with Crippen molar-refractivity contribution >= 4 is 120 Å². The minimum atomic E-state index is 1.23. The predicted octanol–water partition coefficient (Wildman–Crippen LogP) is 6.85. The normalized spacial score (nSPS) is 11.8. The fraction of sp³-hybridized carbons (Fsp3) is 0. The molecule has 0 saturated heterocycles. The summed E-state index contributed by atoms with van der Waals surface area (Å²) in [4.78, 5) is 0. The van der Waals surface area contributed by atoms with Crippen molar-refractivity contribution in [3.8, 4) is 0 Å². The van der Waals surface area contributed by atoms with E-state index in [0.717, 1.165) is 0 Å². The summed E-state index contributed by atoms with van der Waals surface area (Å²) in [6, 6.07) is 4.59. The summed E-state index contributed by atoms with van der Waals surface area (Å²) in [5, 5.41) is 2.71. The summed E-state index contributed by atoms with van der Waals surface area (Å²) in [5.41, 5.74) is 0. The van der Waals surface area contributed by atoms with Crippen LogP contribution in [0.4, 0.5) is 0 Å². The molecule has 0 N–H and O–H groups in total. The maximum absolute atomic E-state index is 3.61. The lowest BCUT2D eigenvalue weighted by Gasteiger charge is -1.93. The van der Waals surface area contributed by atoms with Crippen LogP contribution in [-0.4, -0.2) is 0 Å². The molecule has 0 nitrogen and oxygen atoms in total. The quantitative estimate of drug-likeness (QED) is 0.248. The van der Waals surface area contributed by atoms with E-state index in [1.54, 1.807) is 22.7 Å². The van der Waals surface area contributed by atoms with Crippen molar-refractivity contribution in [1.82, 2.24) is 0 Å². The van der Waals surface area contributed by atoms with Gasteiger partial charge in [-0.3, -0.25) is 0 Å². The topological polar surface area (TPSA) is 0 Å². The predicted molar refractivity (Wildman–Crippen MR) is 98.0 cm³/mol. The monoisotopic (exact) mass is 598 g/mol. The first-order chi connectivity index (χ1) is 7.58. The second kappa shape index (κ2) is 4.59. The van der Waals surface area contributed by atoms with Crippen LogP contribution in [0, 0.1) is 7.14 Å². The van der Waals surface area contributed by atoms with Crippen LogP contribution in [0.25, 0.3) is 20.2 Å². The van der Waals surface area contributed by atoms with E-state index in [2.05, 4.69) is 89.2 Å². The number of halogens is 4. The van der Waals surface area contributed by atoms with E-state index in [4.69, 9.17) is 0 Å². The zero-order valence-corrected chi connectivity index (χ0v) is 16.6. The highest BCUT2D eigenvalue weighted by Gasteiger charge is 2.13. The molecule has 2 heterocycles. The highest BCUT2D eigenvalue weighted by Crippen LogP contribution is 2.43. The van der Waals surface area contributed by atoms with Crippen molar-refractivity contribution in [2.24, 2.45) is 0 Å². The molecule has 0 atom stereocenters. The standard InChI is InChI=1S/C10H2Br2I2S2/c11-9-7(13)3-1-5-4(2-6(3)16-9)8(14)10(12)15-5/h1-2H. The number of rotatable bonds is 0. The highest BCUT2D eigenvalue weighted by molar-refractivity contribution is 14.1. The van der Waals surface area contributed by atoms with Gasteiger partial charge < -0.3 is 0 Å². The van der Waals surface area contributed by atoms with Crippen LogP contribution in [-0.2, 0) is 0 Å². The first kappa shape index (κ1) is 12.6. The Balaban J connectivity index is 2.52. The van der Waals surface area contributed by atoms with Crippen molar-refractivity contribution in [2.45, 2.75) is 0 Å². The molecule has 0 spiro atoms. The summed E-state index contributed by atoms with van der Waals surface area (Å²) >= 11 is 15.6. The average Bonchev–Trinajstić information content (AvgIpc) is 2.67. The molecule has 0 aliphatic heterocycles. The molecule has 2 aromatic heterocycles. The van der Waals surface area contributed by atoms with Crippen molar-refractivity contribution in [3.05, 3.63) is 26.8 Å². The number of hydrogen-bond donors (Lipinski definition) is 0. The van der Waals surface area contributed by atoms with E-state index in [1.807, 2.05) is 0 Å². The van der Waals surface area contributed by atoms with E-state index in [-0.39, 0.29) is 0 Å². The highest BCUT2D eigenvalue weighted by atomic mass is 127. The van der Waals surface area contributed by atoms with Gasteiger partial charge in [-0.2, -0.15) is 0 Å². The van der Waals surface area contributed by atoms with Crippen LogP contribution >= 0.6 is 99.7 Å². The molecule has 3 rings (SSSR count). The minimum Gasteiger partial charge on any atom is -0.127 e. The lowest BCUT2D eigenvalue weighted by Crippen LogP contribution is -1.70. The minimum absolute atomic E-state index is 1.23. The third-order valence-corrected chi connectivity index (χ3v) is 10.4. The van der Waals surface area contributed by atoms with Crippen LogP contribution in [0.3, 0.4) is 0 Å². The molecule has 16 heavy (non-hydrogen) atoms. The zero-order valence-electron chi connectivity index (χ0n) is 7.48. The number of fused-ring (bicyclic) bond motifs is 2. The second-order valence-electron chi connectivity index (χ2n) is 3.22. The Morgan fingerprint density at radius 2 is 1.19 bits per heavy atom. The molecule has 82 valence electrons. The lowest BCUT2D eigenvalue weighted by atomic mass is 10.2. The average molecular weight is 600 g/mol. The molecule has 0 aliphatic rings. The van der Waals surface area contributed by atoms with Crippen LogP contribution in [0.15, 0.2) is 19.7 Å². The van der Waals surface area contributed by atoms with Gasteiger partial charge in [-0.05, 0) is 89.2 Å². The molecule has 0 aliphatic carbocycles. The fourth-order valence-electron chi connectivity index (χ4n) is 1.57. The third kappa shape index (κ3) is 1.91. The van der Waals surface area contributed by atoms with Crippen molar-refractivity contribution < 1.29 is 0 Å². The van der Waals surface area contributed by atoms with E-state index < -0.39 is 0 Å². The van der Waals surface area contributed by atoms with Crippen LogP contribution in [0.2, 0.25) is 0 Å². The van der Waals surface area contributed by atoms with Gasteiger partial charge in [0.15, 0.2) is 0 Å². The molecular formula is C10H2Br2I2S2. The molecule has 0 unspecified atom stereocenters. The zero-order chi connectivity index (χ0) is 11.4. The Labute approximate surface area is 144 Å². The Kier molecular flexibility index (Phi) is 3.61. The first-order valence-corrected chi connectivity index (χ1v) is 9.60. The smallest absolute Gasteiger partial charge is 0.0844 e. The fourth-order valence-corrected chi connectivity index (χ4v) is 6.64. The van der Waals surface area contributed by atoms with E-state index in [1.165, 1.54) is 34.9 Å². The Hall–Kier alpha value is 1.56. The van der Waals surface area contributed by atoms with Crippen molar-refractivity contribution in [2.75, 3.05) is 0 Å². The lowest BCUT2D eigenvalue weighted by molar-refractivity contribution is 1.88. The third-order valence-electron chi connectivity index (χ3n) is 2.30. The Morgan fingerprint density at radius 3 is 1.56 bits per heavy atom. The van der Waals surface area contributed by atoms with Gasteiger partial charge in [-0.1, -0.05) is 0 Å². The second-order valence-corrected chi connectivity index (χ2v) is 10.1. The van der Waals surface area contributed by atoms with E-state index in [9.17, 15) is 0 Å². The molecule has 0 fully saturated rings. The van der Waals surface area contributed by atoms with Crippen LogP contribution < -0.4 is 0 Å². The molecule has 0 saturated carbocycles. The van der Waals surface area contributed by atoms with Gasteiger partial charge in [0.1, 0.15) is 0 Å². The number of benzene rings is 1. The largest absolute Gasteiger partial charge is 0.127 e.